The summed E-state index contributed by atoms with van der Waals surface area (Å²) in [6, 6.07) is 1.62. The monoisotopic (exact) mass is 396 g/mol. The number of halogens is 1. The number of fused-ring (bicyclic) bond motifs is 1. The van der Waals surface area contributed by atoms with Gasteiger partial charge in [-0.2, -0.15) is 0 Å². The molecule has 0 saturated heterocycles. The third-order valence-electron chi connectivity index (χ3n) is 4.50. The molecule has 2 atom stereocenters. The van der Waals surface area contributed by atoms with E-state index in [1.807, 2.05) is 0 Å². The highest BCUT2D eigenvalue weighted by Crippen LogP contribution is 2.54. The minimum Gasteiger partial charge on any atom is -0.496 e. The molecule has 1 aliphatic heterocycles. The van der Waals surface area contributed by atoms with Gasteiger partial charge in [0.05, 0.1) is 21.3 Å². The highest BCUT2D eigenvalue weighted by molar-refractivity contribution is 9.10. The molecule has 0 radical (unpaired) electrons. The van der Waals surface area contributed by atoms with Gasteiger partial charge in [-0.25, -0.2) is 0 Å². The van der Waals surface area contributed by atoms with Crippen LogP contribution in [-0.4, -0.2) is 38.5 Å². The Morgan fingerprint density at radius 1 is 1.17 bits per heavy atom. The van der Waals surface area contributed by atoms with Crippen LogP contribution in [0.3, 0.4) is 0 Å². The van der Waals surface area contributed by atoms with E-state index in [1.165, 1.54) is 27.4 Å². The van der Waals surface area contributed by atoms with Gasteiger partial charge in [0.25, 0.3) is 0 Å². The fourth-order valence-corrected chi connectivity index (χ4v) is 3.85. The molecule has 0 N–H and O–H groups in total. The molecule has 128 valence electrons. The van der Waals surface area contributed by atoms with Gasteiger partial charge in [-0.15, -0.1) is 0 Å². The van der Waals surface area contributed by atoms with Gasteiger partial charge >= 0.3 is 0 Å². The van der Waals surface area contributed by atoms with Gasteiger partial charge in [0, 0.05) is 24.5 Å². The van der Waals surface area contributed by atoms with Crippen LogP contribution >= 0.6 is 15.9 Å². The second-order valence-corrected chi connectivity index (χ2v) is 6.54. The average molecular weight is 397 g/mol. The lowest BCUT2D eigenvalue weighted by molar-refractivity contribution is -0.118. The Balaban J connectivity index is 2.26. The van der Waals surface area contributed by atoms with Gasteiger partial charge in [-0.1, -0.05) is 6.92 Å². The number of carbonyl (C=O) groups excluding carboxylic acids is 2. The summed E-state index contributed by atoms with van der Waals surface area (Å²) >= 11 is 3.42. The van der Waals surface area contributed by atoms with E-state index in [2.05, 4.69) is 15.9 Å². The van der Waals surface area contributed by atoms with Crippen LogP contribution in [0.5, 0.6) is 17.2 Å². The molecule has 1 aromatic carbocycles. The normalized spacial score (nSPS) is 25.2. The van der Waals surface area contributed by atoms with Crippen molar-refractivity contribution in [3.05, 3.63) is 27.9 Å². The lowest BCUT2D eigenvalue weighted by Gasteiger charge is -2.36. The minimum atomic E-state index is -1.37. The third-order valence-corrected chi connectivity index (χ3v) is 5.25. The average Bonchev–Trinajstić information content (AvgIpc) is 2.87. The molecule has 3 rings (SSSR count). The number of carbonyl (C=O) groups is 2. The zero-order valence-corrected chi connectivity index (χ0v) is 15.4. The van der Waals surface area contributed by atoms with E-state index >= 15 is 0 Å². The molecular weight excluding hydrogens is 380 g/mol. The van der Waals surface area contributed by atoms with Crippen LogP contribution in [0.4, 0.5) is 0 Å². The molecule has 2 aliphatic rings. The zero-order chi connectivity index (χ0) is 17.6. The maximum Gasteiger partial charge on any atom is 0.231 e. The first-order valence-electron chi connectivity index (χ1n) is 7.38. The summed E-state index contributed by atoms with van der Waals surface area (Å²) in [6.45, 7) is 1.80. The number of hydrogen-bond acceptors (Lipinski definition) is 6. The van der Waals surface area contributed by atoms with E-state index < -0.39 is 5.60 Å². The second-order valence-electron chi connectivity index (χ2n) is 5.75. The number of methoxy groups -OCH3 is 3. The molecule has 7 heteroatoms. The Hall–Kier alpha value is -2.02. The summed E-state index contributed by atoms with van der Waals surface area (Å²) < 4.78 is 22.7. The molecule has 0 aromatic heterocycles. The highest BCUT2D eigenvalue weighted by atomic mass is 79.9. The lowest BCUT2D eigenvalue weighted by Crippen LogP contribution is -2.51. The molecule has 0 bridgehead atoms. The number of hydrogen-bond donors (Lipinski definition) is 0. The molecular formula is C17H17BrO6. The van der Waals surface area contributed by atoms with Crippen molar-refractivity contribution in [3.63, 3.8) is 0 Å². The van der Waals surface area contributed by atoms with Gasteiger partial charge in [0.2, 0.25) is 11.4 Å². The second kappa shape index (κ2) is 5.81. The van der Waals surface area contributed by atoms with Crippen LogP contribution in [0.1, 0.15) is 23.7 Å². The Morgan fingerprint density at radius 3 is 2.42 bits per heavy atom. The number of ketones is 2. The van der Waals surface area contributed by atoms with Gasteiger partial charge in [-0.05, 0) is 15.9 Å². The molecule has 0 saturated carbocycles. The van der Waals surface area contributed by atoms with Crippen LogP contribution in [0.15, 0.2) is 22.4 Å². The molecule has 0 unspecified atom stereocenters. The van der Waals surface area contributed by atoms with E-state index in [0.29, 0.717) is 27.3 Å². The van der Waals surface area contributed by atoms with Crippen LogP contribution in [0.2, 0.25) is 0 Å². The van der Waals surface area contributed by atoms with Crippen LogP contribution in [0.25, 0.3) is 0 Å². The summed E-state index contributed by atoms with van der Waals surface area (Å²) in [5.41, 5.74) is -1.05. The highest BCUT2D eigenvalue weighted by Gasteiger charge is 2.59. The van der Waals surface area contributed by atoms with E-state index in [1.54, 1.807) is 13.0 Å². The quantitative estimate of drug-likeness (QED) is 0.781. The molecule has 1 aliphatic carbocycles. The molecule has 24 heavy (non-hydrogen) atoms. The summed E-state index contributed by atoms with van der Waals surface area (Å²) in [5, 5.41) is 0. The maximum atomic E-state index is 13.3. The van der Waals surface area contributed by atoms with Crippen molar-refractivity contribution in [2.24, 2.45) is 5.92 Å². The first-order valence-corrected chi connectivity index (χ1v) is 8.17. The number of rotatable bonds is 3. The van der Waals surface area contributed by atoms with Crippen LogP contribution in [-0.2, 0) is 9.53 Å². The van der Waals surface area contributed by atoms with Crippen molar-refractivity contribution in [2.75, 3.05) is 21.3 Å². The first kappa shape index (κ1) is 16.8. The smallest absolute Gasteiger partial charge is 0.231 e. The molecule has 0 fully saturated rings. The van der Waals surface area contributed by atoms with Crippen molar-refractivity contribution in [3.8, 4) is 17.2 Å². The Labute approximate surface area is 147 Å². The zero-order valence-electron chi connectivity index (χ0n) is 13.8. The minimum absolute atomic E-state index is 0.0963. The Morgan fingerprint density at radius 2 is 1.83 bits per heavy atom. The van der Waals surface area contributed by atoms with E-state index in [0.717, 1.165) is 0 Å². The number of benzene rings is 1. The number of Topliss-reactive ketones (excluding diaryl/α,β-unsaturated/α-hetero) is 1. The summed E-state index contributed by atoms with van der Waals surface area (Å²) in [5.74, 6) is 0.615. The standard InChI is InChI=1S/C17H17BrO6/c1-8-5-9(19)6-12(23-4)17(8)16(20)13-10(21-2)7-11(22-3)14(18)15(13)24-17/h6-8H,5H2,1-4H3/t8-,17+/m1/s1. The Bertz CT molecular complexity index is 769. The van der Waals surface area contributed by atoms with Crippen molar-refractivity contribution in [1.29, 1.82) is 0 Å². The number of ether oxygens (including phenoxy) is 4. The predicted octanol–water partition coefficient (Wildman–Crippen LogP) is 2.92. The Kier molecular flexibility index (Phi) is 4.07. The molecule has 0 amide bonds. The van der Waals surface area contributed by atoms with Crippen molar-refractivity contribution < 1.29 is 28.5 Å². The van der Waals surface area contributed by atoms with E-state index in [9.17, 15) is 9.59 Å². The fourth-order valence-electron chi connectivity index (χ4n) is 3.30. The van der Waals surface area contributed by atoms with Crippen molar-refractivity contribution in [2.45, 2.75) is 18.9 Å². The first-order chi connectivity index (χ1) is 11.4. The van der Waals surface area contributed by atoms with E-state index in [-0.39, 0.29) is 29.7 Å². The van der Waals surface area contributed by atoms with Crippen LogP contribution in [0, 0.1) is 5.92 Å². The van der Waals surface area contributed by atoms with Crippen molar-refractivity contribution in [1.82, 2.24) is 0 Å². The largest absolute Gasteiger partial charge is 0.496 e. The maximum absolute atomic E-state index is 13.3. The number of allylic oxidation sites excluding steroid dienone is 1. The van der Waals surface area contributed by atoms with Crippen molar-refractivity contribution >= 4 is 27.5 Å². The summed E-state index contributed by atoms with van der Waals surface area (Å²) in [6.07, 6.45) is 1.53. The summed E-state index contributed by atoms with van der Waals surface area (Å²) in [7, 11) is 4.41. The molecule has 1 heterocycles. The van der Waals surface area contributed by atoms with Gasteiger partial charge in [-0.3, -0.25) is 9.59 Å². The topological polar surface area (TPSA) is 71.1 Å². The predicted molar refractivity (Wildman–Crippen MR) is 88.8 cm³/mol. The summed E-state index contributed by atoms with van der Waals surface area (Å²) in [4.78, 5) is 25.2. The lowest BCUT2D eigenvalue weighted by atomic mass is 9.75. The molecule has 1 aromatic rings. The molecule has 1 spiro atoms. The van der Waals surface area contributed by atoms with E-state index in [4.69, 9.17) is 18.9 Å². The van der Waals surface area contributed by atoms with Gasteiger partial charge < -0.3 is 18.9 Å². The fraction of sp³-hybridized carbons (Fsp3) is 0.412. The van der Waals surface area contributed by atoms with Gasteiger partial charge in [0.15, 0.2) is 17.3 Å². The van der Waals surface area contributed by atoms with Gasteiger partial charge in [0.1, 0.15) is 21.5 Å². The van der Waals surface area contributed by atoms with Crippen LogP contribution < -0.4 is 14.2 Å². The third kappa shape index (κ3) is 2.07. The molecule has 6 nitrogen and oxygen atoms in total. The SMILES string of the molecule is COC1=CC(=O)C[C@@H](C)[C@]12Oc1c(Br)c(OC)cc(OC)c1C2=O.